The van der Waals surface area contributed by atoms with Gasteiger partial charge in [0.2, 0.25) is 0 Å². The molecule has 2 atom stereocenters. The van der Waals surface area contributed by atoms with Crippen LogP contribution in [0.1, 0.15) is 67.2 Å². The number of nitrogens with one attached hydrogen (secondary N) is 1. The van der Waals surface area contributed by atoms with Crippen LogP contribution in [0.4, 0.5) is 0 Å². The Morgan fingerprint density at radius 2 is 1.48 bits per heavy atom. The predicted octanol–water partition coefficient (Wildman–Crippen LogP) is 3.04. The van der Waals surface area contributed by atoms with Gasteiger partial charge in [-0.3, -0.25) is 9.59 Å². The number of oxime groups is 2. The summed E-state index contributed by atoms with van der Waals surface area (Å²) in [4.78, 5) is 24.0. The van der Waals surface area contributed by atoms with Gasteiger partial charge in [-0.05, 0) is 53.5 Å². The van der Waals surface area contributed by atoms with Crippen molar-refractivity contribution in [2.45, 2.75) is 79.3 Å². The van der Waals surface area contributed by atoms with Gasteiger partial charge in [0.15, 0.2) is 0 Å². The summed E-state index contributed by atoms with van der Waals surface area (Å²) in [5.41, 5.74) is 1.62. The van der Waals surface area contributed by atoms with Crippen LogP contribution in [0.3, 0.4) is 0 Å². The fraction of sp³-hybridized carbons (Fsp3) is 0.800. The van der Waals surface area contributed by atoms with E-state index in [1.54, 1.807) is 13.8 Å². The van der Waals surface area contributed by atoms with Crippen molar-refractivity contribution in [3.05, 3.63) is 0 Å². The molecule has 0 aliphatic rings. The standard InChI is InChI=1S/C20H39N3O7Si/c1-8-16(5)22-29-31(26-7,30-23-17(6)9-2)14-12-13-21-18(20(25)28-11-4)15-19(24)27-10-3/h18,21H,8-15H2,1-7H3/b22-16-,23-17+. The van der Waals surface area contributed by atoms with Crippen LogP contribution >= 0.6 is 0 Å². The van der Waals surface area contributed by atoms with Gasteiger partial charge in [0, 0.05) is 13.2 Å². The SMILES string of the molecule is CCOC(=O)CC(NCCC[Si](OC)(O/N=C(/C)CC)O/N=C(\C)CC)C(=O)OCC. The minimum Gasteiger partial charge on any atom is -0.466 e. The Morgan fingerprint density at radius 3 is 1.94 bits per heavy atom. The van der Waals surface area contributed by atoms with Gasteiger partial charge in [-0.25, -0.2) is 0 Å². The van der Waals surface area contributed by atoms with Crippen molar-refractivity contribution >= 4 is 32.2 Å². The summed E-state index contributed by atoms with van der Waals surface area (Å²) < 4.78 is 27.0. The van der Waals surface area contributed by atoms with Crippen molar-refractivity contribution in [3.8, 4) is 0 Å². The van der Waals surface area contributed by atoms with Crippen LogP contribution in [0.2, 0.25) is 6.04 Å². The van der Waals surface area contributed by atoms with Gasteiger partial charge in [0.25, 0.3) is 0 Å². The third-order valence-corrected chi connectivity index (χ3v) is 6.64. The van der Waals surface area contributed by atoms with Crippen LogP contribution in [0.15, 0.2) is 10.3 Å². The zero-order valence-electron chi connectivity index (χ0n) is 20.0. The molecule has 0 aromatic heterocycles. The molecule has 10 nitrogen and oxygen atoms in total. The van der Waals surface area contributed by atoms with Crippen molar-refractivity contribution in [1.82, 2.24) is 5.32 Å². The molecule has 0 radical (unpaired) electrons. The number of carbonyl (C=O) groups excluding carboxylic acids is 2. The summed E-state index contributed by atoms with van der Waals surface area (Å²) in [5.74, 6) is -0.960. The van der Waals surface area contributed by atoms with E-state index in [1.807, 2.05) is 27.7 Å². The zero-order chi connectivity index (χ0) is 23.7. The Morgan fingerprint density at radius 1 is 0.935 bits per heavy atom. The highest BCUT2D eigenvalue weighted by atomic mass is 28.4. The third-order valence-electron chi connectivity index (χ3n) is 4.31. The number of esters is 2. The van der Waals surface area contributed by atoms with Gasteiger partial charge in [0.05, 0.1) is 31.1 Å². The van der Waals surface area contributed by atoms with E-state index in [4.69, 9.17) is 23.0 Å². The molecule has 11 heteroatoms. The Balaban J connectivity index is 5.10. The minimum atomic E-state index is -3.21. The molecule has 180 valence electrons. The lowest BCUT2D eigenvalue weighted by molar-refractivity contribution is -0.152. The fourth-order valence-corrected chi connectivity index (χ4v) is 3.93. The highest BCUT2D eigenvalue weighted by molar-refractivity contribution is 6.60. The monoisotopic (exact) mass is 461 g/mol. The van der Waals surface area contributed by atoms with Gasteiger partial charge in [0.1, 0.15) is 6.04 Å². The third kappa shape index (κ3) is 12.5. The number of rotatable bonds is 17. The lowest BCUT2D eigenvalue weighted by Gasteiger charge is -2.23. The van der Waals surface area contributed by atoms with Crippen molar-refractivity contribution in [2.24, 2.45) is 10.3 Å². The molecule has 0 saturated heterocycles. The van der Waals surface area contributed by atoms with E-state index in [0.29, 0.717) is 19.0 Å². The topological polar surface area (TPSA) is 117 Å². The van der Waals surface area contributed by atoms with Gasteiger partial charge in [-0.1, -0.05) is 13.8 Å². The van der Waals surface area contributed by atoms with Gasteiger partial charge < -0.3 is 28.3 Å². The second-order valence-corrected chi connectivity index (χ2v) is 9.44. The first kappa shape index (κ1) is 29.0. The molecule has 1 N–H and O–H groups in total. The van der Waals surface area contributed by atoms with E-state index in [1.165, 1.54) is 7.11 Å². The van der Waals surface area contributed by atoms with Gasteiger partial charge in [-0.15, -0.1) is 10.3 Å². The van der Waals surface area contributed by atoms with E-state index in [2.05, 4.69) is 15.6 Å². The minimum absolute atomic E-state index is 0.105. The number of ether oxygens (including phenoxy) is 2. The van der Waals surface area contributed by atoms with Crippen molar-refractivity contribution in [2.75, 3.05) is 26.9 Å². The molecule has 0 heterocycles. The Bertz CT molecular complexity index is 577. The smallest absolute Gasteiger partial charge is 0.466 e. The average Bonchev–Trinajstić information content (AvgIpc) is 2.76. The maximum atomic E-state index is 12.2. The molecule has 0 aliphatic heterocycles. The van der Waals surface area contributed by atoms with Gasteiger partial charge in [-0.2, -0.15) is 0 Å². The lowest BCUT2D eigenvalue weighted by atomic mass is 10.2. The largest absolute Gasteiger partial charge is 0.673 e. The summed E-state index contributed by atoms with van der Waals surface area (Å²) in [6.07, 6.45) is 1.91. The van der Waals surface area contributed by atoms with Crippen LogP contribution in [0.25, 0.3) is 0 Å². The number of carbonyl (C=O) groups is 2. The Labute approximate surface area is 187 Å². The first-order valence-corrected chi connectivity index (χ1v) is 12.7. The molecular weight excluding hydrogens is 422 g/mol. The zero-order valence-corrected chi connectivity index (χ0v) is 21.0. The molecule has 0 spiro atoms. The van der Waals surface area contributed by atoms with E-state index in [-0.39, 0.29) is 19.6 Å². The van der Waals surface area contributed by atoms with E-state index in [9.17, 15) is 9.59 Å². The normalized spacial score (nSPS) is 15.1. The molecular formula is C20H39N3O7Si. The molecule has 0 saturated carbocycles. The van der Waals surface area contributed by atoms with Crippen LogP contribution in [0.5, 0.6) is 0 Å². The maximum absolute atomic E-state index is 12.2. The van der Waals surface area contributed by atoms with Crippen LogP contribution in [-0.2, 0) is 32.5 Å². The van der Waals surface area contributed by atoms with Gasteiger partial charge >= 0.3 is 20.7 Å². The Kier molecular flexibility index (Phi) is 15.6. The molecule has 0 aliphatic carbocycles. The summed E-state index contributed by atoms with van der Waals surface area (Å²) in [5, 5.41) is 11.3. The molecule has 0 aromatic rings. The first-order chi connectivity index (χ1) is 14.8. The highest BCUT2D eigenvalue weighted by Crippen LogP contribution is 2.19. The molecule has 0 aromatic carbocycles. The van der Waals surface area contributed by atoms with E-state index >= 15 is 0 Å². The van der Waals surface area contributed by atoms with Crippen molar-refractivity contribution in [3.63, 3.8) is 0 Å². The summed E-state index contributed by atoms with van der Waals surface area (Å²) in [6, 6.07) is -0.382. The molecule has 2 unspecified atom stereocenters. The summed E-state index contributed by atoms with van der Waals surface area (Å²) in [7, 11) is -1.70. The summed E-state index contributed by atoms with van der Waals surface area (Å²) >= 11 is 0. The quantitative estimate of drug-likeness (QED) is 0.115. The van der Waals surface area contributed by atoms with Crippen molar-refractivity contribution < 1.29 is 32.5 Å². The average molecular weight is 462 g/mol. The number of nitrogens with zero attached hydrogens (tertiary/aromatic N) is 2. The Hall–Kier alpha value is -1.98. The lowest BCUT2D eigenvalue weighted by Crippen LogP contribution is -2.44. The molecule has 0 bridgehead atoms. The highest BCUT2D eigenvalue weighted by Gasteiger charge is 2.46. The number of hydrogen-bond donors (Lipinski definition) is 1. The summed E-state index contributed by atoms with van der Waals surface area (Å²) in [6.45, 7) is 12.0. The fourth-order valence-electron chi connectivity index (χ4n) is 2.16. The van der Waals surface area contributed by atoms with E-state index in [0.717, 1.165) is 24.3 Å². The van der Waals surface area contributed by atoms with Crippen LogP contribution in [-0.4, -0.2) is 65.1 Å². The maximum Gasteiger partial charge on any atom is 0.673 e. The molecule has 0 rings (SSSR count). The van der Waals surface area contributed by atoms with E-state index < -0.39 is 26.8 Å². The predicted molar refractivity (Wildman–Crippen MR) is 121 cm³/mol. The van der Waals surface area contributed by atoms with Crippen molar-refractivity contribution in [1.29, 1.82) is 0 Å². The second kappa shape index (κ2) is 16.7. The van der Waals surface area contributed by atoms with Crippen LogP contribution in [0, 0.1) is 0 Å². The molecule has 31 heavy (non-hydrogen) atoms. The number of hydrogen-bond acceptors (Lipinski definition) is 10. The van der Waals surface area contributed by atoms with Crippen LogP contribution < -0.4 is 5.32 Å². The molecule has 0 amide bonds. The molecule has 0 fully saturated rings. The first-order valence-electron chi connectivity index (χ1n) is 10.8. The second-order valence-electron chi connectivity index (χ2n) is 6.80.